The van der Waals surface area contributed by atoms with Crippen molar-refractivity contribution in [1.82, 2.24) is 19.7 Å². The third-order valence-electron chi connectivity index (χ3n) is 4.93. The fraction of sp³-hybridized carbons (Fsp3) is 0.526. The minimum Gasteiger partial charge on any atom is -0.497 e. The smallest absolute Gasteiger partial charge is 0.233 e. The average molecular weight is 375 g/mol. The lowest BCUT2D eigenvalue weighted by Crippen LogP contribution is -2.44. The largest absolute Gasteiger partial charge is 0.497 e. The lowest BCUT2D eigenvalue weighted by atomic mass is 10.0. The van der Waals surface area contributed by atoms with Crippen LogP contribution in [0.25, 0.3) is 11.4 Å². The summed E-state index contributed by atoms with van der Waals surface area (Å²) < 4.78 is 7.13. The van der Waals surface area contributed by atoms with E-state index in [0.29, 0.717) is 11.8 Å². The molecule has 2 heterocycles. The quantitative estimate of drug-likeness (QED) is 0.726. The lowest BCUT2D eigenvalue weighted by molar-refractivity contribution is -0.132. The third kappa shape index (κ3) is 4.03. The molecule has 3 rings (SSSR count). The molecule has 6 nitrogen and oxygen atoms in total. The molecular weight excluding hydrogens is 348 g/mol. The normalized spacial score (nSPS) is 17.3. The van der Waals surface area contributed by atoms with E-state index in [1.54, 1.807) is 7.11 Å². The van der Waals surface area contributed by atoms with Crippen LogP contribution in [0.5, 0.6) is 5.75 Å². The Morgan fingerprint density at radius 2 is 2.04 bits per heavy atom. The van der Waals surface area contributed by atoms with Crippen LogP contribution in [0.1, 0.15) is 32.6 Å². The zero-order valence-corrected chi connectivity index (χ0v) is 16.5. The SMILES string of the molecule is CC[C@@H]1CCCCN1C(=O)CSc1nnc(-c2ccc(OC)cc2)n1C. The first-order valence-corrected chi connectivity index (χ1v) is 10.1. The summed E-state index contributed by atoms with van der Waals surface area (Å²) in [5.74, 6) is 2.20. The van der Waals surface area contributed by atoms with Crippen LogP contribution in [0.4, 0.5) is 0 Å². The Bertz CT molecular complexity index is 744. The molecule has 26 heavy (non-hydrogen) atoms. The maximum atomic E-state index is 12.6. The molecule has 1 aromatic heterocycles. The predicted octanol–water partition coefficient (Wildman–Crippen LogP) is 3.37. The number of likely N-dealkylation sites (tertiary alicyclic amines) is 1. The van der Waals surface area contributed by atoms with Crippen LogP contribution in [0, 0.1) is 0 Å². The number of amides is 1. The van der Waals surface area contributed by atoms with Crippen molar-refractivity contribution in [2.75, 3.05) is 19.4 Å². The van der Waals surface area contributed by atoms with Crippen LogP contribution < -0.4 is 4.74 Å². The van der Waals surface area contributed by atoms with Gasteiger partial charge in [0.25, 0.3) is 0 Å². The summed E-state index contributed by atoms with van der Waals surface area (Å²) in [5.41, 5.74) is 0.973. The Morgan fingerprint density at radius 3 is 2.73 bits per heavy atom. The van der Waals surface area contributed by atoms with Crippen molar-refractivity contribution in [1.29, 1.82) is 0 Å². The number of aromatic nitrogens is 3. The number of hydrogen-bond donors (Lipinski definition) is 0. The molecule has 0 saturated carbocycles. The number of rotatable bonds is 6. The number of carbonyl (C=O) groups is 1. The first-order chi connectivity index (χ1) is 12.6. The van der Waals surface area contributed by atoms with Gasteiger partial charge >= 0.3 is 0 Å². The van der Waals surface area contributed by atoms with Crippen molar-refractivity contribution in [3.8, 4) is 17.1 Å². The second kappa shape index (κ2) is 8.58. The summed E-state index contributed by atoms with van der Waals surface area (Å²) in [4.78, 5) is 14.7. The zero-order chi connectivity index (χ0) is 18.5. The van der Waals surface area contributed by atoms with Crippen LogP contribution in [-0.2, 0) is 11.8 Å². The molecule has 0 aliphatic carbocycles. The molecule has 1 aromatic carbocycles. The topological polar surface area (TPSA) is 60.3 Å². The zero-order valence-electron chi connectivity index (χ0n) is 15.6. The van der Waals surface area contributed by atoms with Gasteiger partial charge < -0.3 is 14.2 Å². The number of nitrogens with zero attached hydrogens (tertiary/aromatic N) is 4. The Balaban J connectivity index is 1.65. The van der Waals surface area contributed by atoms with Gasteiger partial charge in [-0.1, -0.05) is 18.7 Å². The number of methoxy groups -OCH3 is 1. The molecule has 0 bridgehead atoms. The van der Waals surface area contributed by atoms with E-state index in [1.807, 2.05) is 35.9 Å². The second-order valence-electron chi connectivity index (χ2n) is 6.53. The van der Waals surface area contributed by atoms with E-state index in [9.17, 15) is 4.79 Å². The monoisotopic (exact) mass is 374 g/mol. The first-order valence-electron chi connectivity index (χ1n) is 9.10. The highest BCUT2D eigenvalue weighted by molar-refractivity contribution is 7.99. The minimum atomic E-state index is 0.204. The number of thioether (sulfide) groups is 1. The summed E-state index contributed by atoms with van der Waals surface area (Å²) in [7, 11) is 3.58. The summed E-state index contributed by atoms with van der Waals surface area (Å²) in [6.07, 6.45) is 4.49. The van der Waals surface area contributed by atoms with Crippen LogP contribution in [0.15, 0.2) is 29.4 Å². The summed E-state index contributed by atoms with van der Waals surface area (Å²) in [6.45, 7) is 3.04. The van der Waals surface area contributed by atoms with Gasteiger partial charge in [-0.15, -0.1) is 10.2 Å². The van der Waals surface area contributed by atoms with E-state index in [4.69, 9.17) is 4.74 Å². The van der Waals surface area contributed by atoms with Crippen molar-refractivity contribution < 1.29 is 9.53 Å². The maximum absolute atomic E-state index is 12.6. The lowest BCUT2D eigenvalue weighted by Gasteiger charge is -2.35. The van der Waals surface area contributed by atoms with Gasteiger partial charge in [0.15, 0.2) is 11.0 Å². The van der Waals surface area contributed by atoms with E-state index in [0.717, 1.165) is 48.1 Å². The average Bonchev–Trinajstić information content (AvgIpc) is 3.06. The number of carbonyl (C=O) groups excluding carboxylic acids is 1. The summed E-state index contributed by atoms with van der Waals surface area (Å²) in [6, 6.07) is 8.12. The molecular formula is C19H26N4O2S. The molecule has 1 aliphatic heterocycles. The van der Waals surface area contributed by atoms with Crippen molar-refractivity contribution in [3.63, 3.8) is 0 Å². The van der Waals surface area contributed by atoms with Crippen molar-refractivity contribution in [2.24, 2.45) is 7.05 Å². The molecule has 0 spiro atoms. The predicted molar refractivity (Wildman–Crippen MR) is 103 cm³/mol. The van der Waals surface area contributed by atoms with Gasteiger partial charge in [0.05, 0.1) is 12.9 Å². The second-order valence-corrected chi connectivity index (χ2v) is 7.47. The van der Waals surface area contributed by atoms with E-state index in [-0.39, 0.29) is 5.91 Å². The van der Waals surface area contributed by atoms with Gasteiger partial charge in [0, 0.05) is 25.2 Å². The number of piperidine rings is 1. The van der Waals surface area contributed by atoms with Gasteiger partial charge in [0.1, 0.15) is 5.75 Å². The molecule has 1 atom stereocenters. The van der Waals surface area contributed by atoms with Crippen LogP contribution in [0.3, 0.4) is 0 Å². The number of benzene rings is 1. The molecule has 0 unspecified atom stereocenters. The Labute approximate surface area is 158 Å². The van der Waals surface area contributed by atoms with Crippen molar-refractivity contribution in [3.05, 3.63) is 24.3 Å². The van der Waals surface area contributed by atoms with Crippen LogP contribution >= 0.6 is 11.8 Å². The molecule has 1 aliphatic rings. The van der Waals surface area contributed by atoms with Gasteiger partial charge in [-0.25, -0.2) is 0 Å². The Kier molecular flexibility index (Phi) is 6.19. The van der Waals surface area contributed by atoms with E-state index < -0.39 is 0 Å². The molecule has 0 radical (unpaired) electrons. The van der Waals surface area contributed by atoms with E-state index in [2.05, 4.69) is 22.0 Å². The molecule has 140 valence electrons. The minimum absolute atomic E-state index is 0.204. The van der Waals surface area contributed by atoms with Crippen molar-refractivity contribution >= 4 is 17.7 Å². The van der Waals surface area contributed by atoms with E-state index >= 15 is 0 Å². The standard InChI is InChI=1S/C19H26N4O2S/c1-4-15-7-5-6-12-23(15)17(24)13-26-19-21-20-18(22(19)2)14-8-10-16(25-3)11-9-14/h8-11,15H,4-7,12-13H2,1-3H3/t15-/m1/s1. The first kappa shape index (κ1) is 18.8. The maximum Gasteiger partial charge on any atom is 0.233 e. The highest BCUT2D eigenvalue weighted by Crippen LogP contribution is 2.26. The molecule has 0 N–H and O–H groups in total. The Hall–Kier alpha value is -2.02. The Morgan fingerprint density at radius 1 is 1.27 bits per heavy atom. The number of ether oxygens (including phenoxy) is 1. The summed E-state index contributed by atoms with van der Waals surface area (Å²) in [5, 5.41) is 9.31. The van der Waals surface area contributed by atoms with Crippen molar-refractivity contribution in [2.45, 2.75) is 43.8 Å². The highest BCUT2D eigenvalue weighted by Gasteiger charge is 2.25. The fourth-order valence-electron chi connectivity index (χ4n) is 3.39. The van der Waals surface area contributed by atoms with Gasteiger partial charge in [0.2, 0.25) is 5.91 Å². The summed E-state index contributed by atoms with van der Waals surface area (Å²) >= 11 is 1.46. The van der Waals surface area contributed by atoms with Gasteiger partial charge in [-0.05, 0) is 49.9 Å². The molecule has 7 heteroatoms. The number of hydrogen-bond acceptors (Lipinski definition) is 5. The molecule has 1 fully saturated rings. The molecule has 2 aromatic rings. The third-order valence-corrected chi connectivity index (χ3v) is 5.93. The fourth-order valence-corrected chi connectivity index (χ4v) is 4.19. The highest BCUT2D eigenvalue weighted by atomic mass is 32.2. The molecule has 1 saturated heterocycles. The van der Waals surface area contributed by atoms with Gasteiger partial charge in [-0.2, -0.15) is 0 Å². The van der Waals surface area contributed by atoms with E-state index in [1.165, 1.54) is 18.2 Å². The van der Waals surface area contributed by atoms with Crippen LogP contribution in [0.2, 0.25) is 0 Å². The molecule has 1 amide bonds. The van der Waals surface area contributed by atoms with Gasteiger partial charge in [-0.3, -0.25) is 4.79 Å². The van der Waals surface area contributed by atoms with Crippen LogP contribution in [-0.4, -0.2) is 51.0 Å².